The molecule has 0 amide bonds. The molecule has 2 rings (SSSR count). The molecule has 0 fully saturated rings. The normalized spacial score (nSPS) is 18.3. The molecule has 0 aliphatic carbocycles. The number of anilines is 1. The molecule has 0 saturated carbocycles. The van der Waals surface area contributed by atoms with E-state index in [0.29, 0.717) is 13.2 Å². The number of aryl methyl sites for hydroxylation is 1. The average Bonchev–Trinajstić information content (AvgIpc) is 2.39. The predicted octanol–water partition coefficient (Wildman–Crippen LogP) is 1.31. The van der Waals surface area contributed by atoms with Crippen molar-refractivity contribution in [3.05, 3.63) is 29.3 Å². The highest BCUT2D eigenvalue weighted by atomic mass is 16.5. The second-order valence-corrected chi connectivity index (χ2v) is 4.54. The number of hydrogen-bond acceptors (Lipinski definition) is 5. The minimum atomic E-state index is -0.487. The highest BCUT2D eigenvalue weighted by Gasteiger charge is 2.27. The summed E-state index contributed by atoms with van der Waals surface area (Å²) in [5.74, 6) is -0.312. The van der Waals surface area contributed by atoms with Crippen molar-refractivity contribution in [2.45, 2.75) is 26.6 Å². The van der Waals surface area contributed by atoms with Gasteiger partial charge in [-0.1, -0.05) is 12.1 Å². The van der Waals surface area contributed by atoms with Crippen LogP contribution in [0, 0.1) is 6.92 Å². The molecule has 0 saturated heterocycles. The topological polar surface area (TPSA) is 58.6 Å². The number of nitrogens with one attached hydrogen (secondary N) is 1. The van der Waals surface area contributed by atoms with Gasteiger partial charge in [0, 0.05) is 12.2 Å². The van der Waals surface area contributed by atoms with Crippen molar-refractivity contribution in [2.24, 2.45) is 0 Å². The minimum Gasteiger partial charge on any atom is -0.465 e. The van der Waals surface area contributed by atoms with E-state index in [1.54, 1.807) is 11.8 Å². The summed E-state index contributed by atoms with van der Waals surface area (Å²) in [6.07, 6.45) is 0.323. The maximum atomic E-state index is 11.6. The number of carbonyl (C=O) groups is 2. The van der Waals surface area contributed by atoms with E-state index in [9.17, 15) is 9.59 Å². The second-order valence-electron chi connectivity index (χ2n) is 4.54. The molecule has 5 nitrogen and oxygen atoms in total. The van der Waals surface area contributed by atoms with Gasteiger partial charge in [0.15, 0.2) is 6.29 Å². The van der Waals surface area contributed by atoms with E-state index < -0.39 is 6.17 Å². The first kappa shape index (κ1) is 13.5. The van der Waals surface area contributed by atoms with Crippen molar-refractivity contribution >= 4 is 17.9 Å². The van der Waals surface area contributed by atoms with Gasteiger partial charge in [-0.15, -0.1) is 0 Å². The first-order chi connectivity index (χ1) is 9.15. The lowest BCUT2D eigenvalue weighted by Crippen LogP contribution is -2.47. The predicted molar refractivity (Wildman–Crippen MR) is 71.7 cm³/mol. The second kappa shape index (κ2) is 5.84. The average molecular weight is 262 g/mol. The lowest BCUT2D eigenvalue weighted by Gasteiger charge is -2.35. The Morgan fingerprint density at radius 1 is 1.58 bits per heavy atom. The maximum absolute atomic E-state index is 11.6. The van der Waals surface area contributed by atoms with Crippen LogP contribution in [0.2, 0.25) is 0 Å². The fourth-order valence-corrected chi connectivity index (χ4v) is 2.25. The zero-order valence-corrected chi connectivity index (χ0v) is 11.2. The van der Waals surface area contributed by atoms with Crippen molar-refractivity contribution < 1.29 is 14.3 Å². The van der Waals surface area contributed by atoms with Crippen LogP contribution in [0.25, 0.3) is 0 Å². The SMILES string of the molecule is CCOC(=O)CN1Cc2c(C)cccc2NC1C=O. The zero-order valence-electron chi connectivity index (χ0n) is 11.2. The minimum absolute atomic E-state index is 0.109. The molecule has 0 bridgehead atoms. The number of rotatable bonds is 4. The Morgan fingerprint density at radius 3 is 3.05 bits per heavy atom. The molecule has 1 atom stereocenters. The molecule has 1 unspecified atom stereocenters. The summed E-state index contributed by atoms with van der Waals surface area (Å²) in [6, 6.07) is 5.91. The van der Waals surface area contributed by atoms with Crippen molar-refractivity contribution in [3.63, 3.8) is 0 Å². The van der Waals surface area contributed by atoms with Crippen LogP contribution in [-0.2, 0) is 20.9 Å². The molecule has 0 spiro atoms. The van der Waals surface area contributed by atoms with Gasteiger partial charge in [-0.25, -0.2) is 0 Å². The molecule has 5 heteroatoms. The van der Waals surface area contributed by atoms with Crippen molar-refractivity contribution in [1.29, 1.82) is 0 Å². The van der Waals surface area contributed by atoms with Crippen molar-refractivity contribution in [1.82, 2.24) is 4.90 Å². The van der Waals surface area contributed by atoms with Crippen molar-refractivity contribution in [3.8, 4) is 0 Å². The lowest BCUT2D eigenvalue weighted by atomic mass is 10.0. The Morgan fingerprint density at radius 2 is 2.37 bits per heavy atom. The molecule has 1 aliphatic heterocycles. The van der Waals surface area contributed by atoms with E-state index in [1.807, 2.05) is 25.1 Å². The summed E-state index contributed by atoms with van der Waals surface area (Å²) in [5.41, 5.74) is 3.21. The number of carbonyl (C=O) groups excluding carboxylic acids is 2. The van der Waals surface area contributed by atoms with Gasteiger partial charge in [0.05, 0.1) is 13.2 Å². The van der Waals surface area contributed by atoms with Crippen LogP contribution < -0.4 is 5.32 Å². The number of nitrogens with zero attached hydrogens (tertiary/aromatic N) is 1. The lowest BCUT2D eigenvalue weighted by molar-refractivity contribution is -0.145. The van der Waals surface area contributed by atoms with Gasteiger partial charge in [0.2, 0.25) is 0 Å². The summed E-state index contributed by atoms with van der Waals surface area (Å²) >= 11 is 0. The standard InChI is InChI=1S/C14H18N2O3/c1-3-19-14(18)8-16-7-11-10(2)5-4-6-12(11)15-13(16)9-17/h4-6,9,13,15H,3,7-8H2,1-2H3. The summed E-state index contributed by atoms with van der Waals surface area (Å²) < 4.78 is 4.93. The van der Waals surface area contributed by atoms with Gasteiger partial charge < -0.3 is 10.1 Å². The van der Waals surface area contributed by atoms with Crippen LogP contribution in [0.5, 0.6) is 0 Å². The number of ether oxygens (including phenoxy) is 1. The van der Waals surface area contributed by atoms with Crippen LogP contribution in [0.15, 0.2) is 18.2 Å². The summed E-state index contributed by atoms with van der Waals surface area (Å²) in [6.45, 7) is 4.81. The largest absolute Gasteiger partial charge is 0.465 e. The van der Waals surface area contributed by atoms with E-state index in [4.69, 9.17) is 4.74 Å². The molecule has 1 heterocycles. The Labute approximate surface area is 112 Å². The van der Waals surface area contributed by atoms with Gasteiger partial charge >= 0.3 is 5.97 Å². The van der Waals surface area contributed by atoms with Crippen molar-refractivity contribution in [2.75, 3.05) is 18.5 Å². The quantitative estimate of drug-likeness (QED) is 0.655. The Balaban J connectivity index is 2.18. The zero-order chi connectivity index (χ0) is 13.8. The molecule has 0 aromatic heterocycles. The number of benzene rings is 1. The summed E-state index contributed by atoms with van der Waals surface area (Å²) in [5, 5.41) is 3.14. The third-order valence-electron chi connectivity index (χ3n) is 3.23. The van der Waals surface area contributed by atoms with Crippen LogP contribution in [0.4, 0.5) is 5.69 Å². The molecule has 19 heavy (non-hydrogen) atoms. The smallest absolute Gasteiger partial charge is 0.320 e. The van der Waals surface area contributed by atoms with E-state index in [1.165, 1.54) is 0 Å². The van der Waals surface area contributed by atoms with Gasteiger partial charge in [-0.05, 0) is 31.0 Å². The highest BCUT2D eigenvalue weighted by molar-refractivity contribution is 5.74. The molecule has 1 aromatic carbocycles. The molecule has 1 aliphatic rings. The molecular formula is C14H18N2O3. The first-order valence-electron chi connectivity index (χ1n) is 6.35. The first-order valence-corrected chi connectivity index (χ1v) is 6.35. The number of aldehydes is 1. The van der Waals surface area contributed by atoms with E-state index in [2.05, 4.69) is 5.32 Å². The Hall–Kier alpha value is -1.88. The Kier molecular flexibility index (Phi) is 4.16. The fourth-order valence-electron chi connectivity index (χ4n) is 2.25. The highest BCUT2D eigenvalue weighted by Crippen LogP contribution is 2.27. The van der Waals surface area contributed by atoms with Crippen LogP contribution in [0.1, 0.15) is 18.1 Å². The molecular weight excluding hydrogens is 244 g/mol. The Bertz CT molecular complexity index is 488. The molecule has 1 N–H and O–H groups in total. The molecule has 102 valence electrons. The number of esters is 1. The van der Waals surface area contributed by atoms with E-state index in [0.717, 1.165) is 23.1 Å². The van der Waals surface area contributed by atoms with Gasteiger partial charge in [-0.2, -0.15) is 0 Å². The monoisotopic (exact) mass is 262 g/mol. The summed E-state index contributed by atoms with van der Waals surface area (Å²) in [4.78, 5) is 24.5. The maximum Gasteiger partial charge on any atom is 0.320 e. The van der Waals surface area contributed by atoms with E-state index in [-0.39, 0.29) is 12.5 Å². The third kappa shape index (κ3) is 2.93. The molecule has 0 radical (unpaired) electrons. The van der Waals surface area contributed by atoms with Crippen LogP contribution >= 0.6 is 0 Å². The molecule has 1 aromatic rings. The van der Waals surface area contributed by atoms with Crippen LogP contribution in [-0.4, -0.2) is 36.5 Å². The van der Waals surface area contributed by atoms with Crippen LogP contribution in [0.3, 0.4) is 0 Å². The van der Waals surface area contributed by atoms with E-state index >= 15 is 0 Å². The fraction of sp³-hybridized carbons (Fsp3) is 0.429. The van der Waals surface area contributed by atoms with Gasteiger partial charge in [0.1, 0.15) is 6.17 Å². The number of fused-ring (bicyclic) bond motifs is 1. The van der Waals surface area contributed by atoms with Gasteiger partial charge in [-0.3, -0.25) is 14.5 Å². The number of hydrogen-bond donors (Lipinski definition) is 1. The third-order valence-corrected chi connectivity index (χ3v) is 3.23. The summed E-state index contributed by atoms with van der Waals surface area (Å²) in [7, 11) is 0. The van der Waals surface area contributed by atoms with Gasteiger partial charge in [0.25, 0.3) is 0 Å².